The fraction of sp³-hybridized carbons (Fsp3) is 0.0769. The second-order valence-electron chi connectivity index (χ2n) is 3.90. The molecule has 0 aliphatic heterocycles. The predicted molar refractivity (Wildman–Crippen MR) is 75.5 cm³/mol. The van der Waals surface area contributed by atoms with E-state index in [0.29, 0.717) is 10.0 Å². The maximum Gasteiger partial charge on any atom is 0.339 e. The van der Waals surface area contributed by atoms with Crippen LogP contribution in [0.1, 0.15) is 5.56 Å². The Morgan fingerprint density at radius 1 is 1.00 bits per heavy atom. The molecule has 3 nitrogen and oxygen atoms in total. The Hall–Kier alpha value is -1.23. The van der Waals surface area contributed by atoms with Crippen LogP contribution in [0.25, 0.3) is 0 Å². The minimum atomic E-state index is -3.89. The fourth-order valence-electron chi connectivity index (χ4n) is 1.39. The summed E-state index contributed by atoms with van der Waals surface area (Å²) in [5.41, 5.74) is 0.798. The molecule has 0 bridgehead atoms. The lowest BCUT2D eigenvalue weighted by Gasteiger charge is -2.08. The van der Waals surface area contributed by atoms with Gasteiger partial charge in [-0.15, -0.1) is 0 Å². The lowest BCUT2D eigenvalue weighted by atomic mass is 10.2. The normalized spacial score (nSPS) is 11.3. The lowest BCUT2D eigenvalue weighted by molar-refractivity contribution is 0.486. The first-order valence-corrected chi connectivity index (χ1v) is 7.51. The van der Waals surface area contributed by atoms with Crippen molar-refractivity contribution in [1.82, 2.24) is 0 Å². The van der Waals surface area contributed by atoms with Crippen molar-refractivity contribution in [2.45, 2.75) is 11.8 Å². The van der Waals surface area contributed by atoms with Crippen LogP contribution in [0.15, 0.2) is 47.4 Å². The molecule has 0 saturated carbocycles. The standard InChI is InChI=1S/C13H10Cl2O3S/c1-9-2-7-12(8-13(9)15)19(16,17)18-11-5-3-10(14)4-6-11/h2-8H,1H3. The largest absolute Gasteiger partial charge is 0.379 e. The minimum Gasteiger partial charge on any atom is -0.379 e. The predicted octanol–water partition coefficient (Wildman–Crippen LogP) is 4.07. The second-order valence-corrected chi connectivity index (χ2v) is 6.29. The smallest absolute Gasteiger partial charge is 0.339 e. The minimum absolute atomic E-state index is 0.0121. The Morgan fingerprint density at radius 3 is 2.21 bits per heavy atom. The molecule has 0 aromatic heterocycles. The molecular weight excluding hydrogens is 307 g/mol. The molecule has 100 valence electrons. The van der Waals surface area contributed by atoms with Gasteiger partial charge in [-0.2, -0.15) is 8.42 Å². The molecule has 6 heteroatoms. The zero-order valence-corrected chi connectivity index (χ0v) is 12.3. The van der Waals surface area contributed by atoms with Crippen LogP contribution in [0.2, 0.25) is 10.0 Å². The zero-order valence-electron chi connectivity index (χ0n) is 9.93. The molecule has 0 heterocycles. The number of halogens is 2. The van der Waals surface area contributed by atoms with Crippen molar-refractivity contribution in [2.24, 2.45) is 0 Å². The Balaban J connectivity index is 2.32. The van der Waals surface area contributed by atoms with Gasteiger partial charge in [0.2, 0.25) is 0 Å². The van der Waals surface area contributed by atoms with Crippen molar-refractivity contribution in [3.05, 3.63) is 58.1 Å². The quantitative estimate of drug-likeness (QED) is 0.802. The Bertz CT molecular complexity index is 694. The number of hydrogen-bond acceptors (Lipinski definition) is 3. The molecule has 2 rings (SSSR count). The van der Waals surface area contributed by atoms with Crippen LogP contribution in [0.4, 0.5) is 0 Å². The molecule has 0 atom stereocenters. The highest BCUT2D eigenvalue weighted by Crippen LogP contribution is 2.24. The van der Waals surface area contributed by atoms with Gasteiger partial charge in [0, 0.05) is 10.0 Å². The number of aryl methyl sites for hydroxylation is 1. The molecule has 0 spiro atoms. The third-order valence-electron chi connectivity index (χ3n) is 2.45. The molecule has 2 aromatic carbocycles. The summed E-state index contributed by atoms with van der Waals surface area (Å²) in [6.45, 7) is 1.79. The molecule has 0 N–H and O–H groups in total. The summed E-state index contributed by atoms with van der Waals surface area (Å²) in [5, 5.41) is 0.879. The molecule has 0 amide bonds. The van der Waals surface area contributed by atoms with Crippen molar-refractivity contribution in [3.8, 4) is 5.75 Å². The molecule has 0 aliphatic carbocycles. The molecular formula is C13H10Cl2O3S. The first-order chi connectivity index (χ1) is 8.88. The molecule has 0 aliphatic rings. The van der Waals surface area contributed by atoms with Gasteiger partial charge in [0.15, 0.2) is 0 Å². The van der Waals surface area contributed by atoms with Crippen LogP contribution < -0.4 is 4.18 Å². The van der Waals surface area contributed by atoms with Crippen molar-refractivity contribution in [1.29, 1.82) is 0 Å². The molecule has 0 saturated heterocycles. The van der Waals surface area contributed by atoms with Crippen molar-refractivity contribution >= 4 is 33.3 Å². The van der Waals surface area contributed by atoms with Gasteiger partial charge in [-0.25, -0.2) is 0 Å². The third kappa shape index (κ3) is 3.41. The van der Waals surface area contributed by atoms with E-state index in [2.05, 4.69) is 0 Å². The van der Waals surface area contributed by atoms with Gasteiger partial charge in [0.1, 0.15) is 10.6 Å². The first-order valence-electron chi connectivity index (χ1n) is 5.35. The highest BCUT2D eigenvalue weighted by atomic mass is 35.5. The molecule has 0 radical (unpaired) electrons. The Morgan fingerprint density at radius 2 is 1.63 bits per heavy atom. The fourth-order valence-corrected chi connectivity index (χ4v) is 2.72. The Kier molecular flexibility index (Phi) is 4.04. The van der Waals surface area contributed by atoms with Crippen LogP contribution in [-0.4, -0.2) is 8.42 Å². The number of benzene rings is 2. The summed E-state index contributed by atoms with van der Waals surface area (Å²) in [5.74, 6) is 0.195. The van der Waals surface area contributed by atoms with Crippen LogP contribution in [-0.2, 0) is 10.1 Å². The monoisotopic (exact) mass is 316 g/mol. The van der Waals surface area contributed by atoms with Crippen LogP contribution in [0.5, 0.6) is 5.75 Å². The highest BCUT2D eigenvalue weighted by molar-refractivity contribution is 7.87. The van der Waals surface area contributed by atoms with E-state index in [1.165, 1.54) is 24.3 Å². The summed E-state index contributed by atoms with van der Waals surface area (Å²) in [6.07, 6.45) is 0. The zero-order chi connectivity index (χ0) is 14.0. The van der Waals surface area contributed by atoms with E-state index < -0.39 is 10.1 Å². The van der Waals surface area contributed by atoms with Crippen LogP contribution in [0.3, 0.4) is 0 Å². The molecule has 0 unspecified atom stereocenters. The van der Waals surface area contributed by atoms with Gasteiger partial charge in [0.25, 0.3) is 0 Å². The first kappa shape index (κ1) is 14.2. The molecule has 2 aromatic rings. The van der Waals surface area contributed by atoms with E-state index in [-0.39, 0.29) is 10.6 Å². The average molecular weight is 317 g/mol. The summed E-state index contributed by atoms with van der Waals surface area (Å²) in [4.78, 5) is 0.0121. The van der Waals surface area contributed by atoms with Crippen molar-refractivity contribution in [3.63, 3.8) is 0 Å². The van der Waals surface area contributed by atoms with E-state index in [1.807, 2.05) is 0 Å². The lowest BCUT2D eigenvalue weighted by Crippen LogP contribution is -2.09. The van der Waals surface area contributed by atoms with Gasteiger partial charge in [-0.1, -0.05) is 29.3 Å². The summed E-state index contributed by atoms with van der Waals surface area (Å²) < 4.78 is 29.1. The Labute approximate surface area is 121 Å². The van der Waals surface area contributed by atoms with E-state index in [0.717, 1.165) is 5.56 Å². The van der Waals surface area contributed by atoms with E-state index >= 15 is 0 Å². The SMILES string of the molecule is Cc1ccc(S(=O)(=O)Oc2ccc(Cl)cc2)cc1Cl. The van der Waals surface area contributed by atoms with Crippen LogP contribution >= 0.6 is 23.2 Å². The molecule has 0 fully saturated rings. The average Bonchev–Trinajstić information content (AvgIpc) is 2.35. The van der Waals surface area contributed by atoms with Crippen LogP contribution in [0, 0.1) is 6.92 Å². The van der Waals surface area contributed by atoms with Crippen molar-refractivity contribution < 1.29 is 12.6 Å². The molecule has 19 heavy (non-hydrogen) atoms. The summed E-state index contributed by atoms with van der Waals surface area (Å²) >= 11 is 11.6. The van der Waals surface area contributed by atoms with Gasteiger partial charge in [-0.05, 0) is 48.9 Å². The van der Waals surface area contributed by atoms with Gasteiger partial charge >= 0.3 is 10.1 Å². The van der Waals surface area contributed by atoms with Crippen molar-refractivity contribution in [2.75, 3.05) is 0 Å². The number of hydrogen-bond donors (Lipinski definition) is 0. The van der Waals surface area contributed by atoms with Gasteiger partial charge in [-0.3, -0.25) is 0 Å². The van der Waals surface area contributed by atoms with E-state index in [4.69, 9.17) is 27.4 Å². The van der Waals surface area contributed by atoms with E-state index in [9.17, 15) is 8.42 Å². The topological polar surface area (TPSA) is 43.4 Å². The second kappa shape index (κ2) is 5.41. The summed E-state index contributed by atoms with van der Waals surface area (Å²) in [7, 11) is -3.89. The van der Waals surface area contributed by atoms with E-state index in [1.54, 1.807) is 25.1 Å². The summed E-state index contributed by atoms with van der Waals surface area (Å²) in [6, 6.07) is 10.5. The van der Waals surface area contributed by atoms with Gasteiger partial charge < -0.3 is 4.18 Å². The maximum absolute atomic E-state index is 12.0. The third-order valence-corrected chi connectivity index (χ3v) is 4.35. The number of rotatable bonds is 3. The van der Waals surface area contributed by atoms with Gasteiger partial charge in [0.05, 0.1) is 0 Å². The maximum atomic E-state index is 12.0. The highest BCUT2D eigenvalue weighted by Gasteiger charge is 2.17.